The molecule has 0 spiro atoms. The van der Waals surface area contributed by atoms with Gasteiger partial charge in [0.1, 0.15) is 18.0 Å². The van der Waals surface area contributed by atoms with Crippen LogP contribution in [-0.4, -0.2) is 20.7 Å². The van der Waals surface area contributed by atoms with Crippen LogP contribution in [0.5, 0.6) is 0 Å². The molecular weight excluding hydrogens is 310 g/mol. The van der Waals surface area contributed by atoms with Crippen molar-refractivity contribution in [2.75, 3.05) is 0 Å². The number of hydrogen-bond acceptors (Lipinski definition) is 5. The number of allylic oxidation sites excluding steroid dienone is 2. The van der Waals surface area contributed by atoms with E-state index >= 15 is 0 Å². The van der Waals surface area contributed by atoms with Crippen molar-refractivity contribution < 1.29 is 4.79 Å². The second-order valence-corrected chi connectivity index (χ2v) is 5.73. The molecule has 2 N–H and O–H groups in total. The molecule has 0 saturated carbocycles. The van der Waals surface area contributed by atoms with Crippen LogP contribution in [0.25, 0.3) is 4.91 Å². The number of amides is 1. The van der Waals surface area contributed by atoms with Crippen LogP contribution in [0, 0.1) is 18.3 Å². The predicted molar refractivity (Wildman–Crippen MR) is 88.9 cm³/mol. The summed E-state index contributed by atoms with van der Waals surface area (Å²) < 4.78 is 1.65. The normalized spacial score (nSPS) is 12.0. The maximum absolute atomic E-state index is 11.2. The molecule has 116 valence electrons. The number of rotatable bonds is 5. The fourth-order valence-electron chi connectivity index (χ4n) is 1.72. The van der Waals surface area contributed by atoms with Gasteiger partial charge in [0.15, 0.2) is 5.16 Å². The highest BCUT2D eigenvalue weighted by Gasteiger charge is 2.09. The number of carbonyl (C=O) groups is 1. The molecule has 0 unspecified atom stereocenters. The summed E-state index contributed by atoms with van der Waals surface area (Å²) in [6.45, 7) is 2.00. The quantitative estimate of drug-likeness (QED) is 0.393. The summed E-state index contributed by atoms with van der Waals surface area (Å²) in [5, 5.41) is 13.7. The minimum absolute atomic E-state index is 0.104. The van der Waals surface area contributed by atoms with Crippen molar-refractivity contribution in [3.8, 4) is 6.07 Å². The van der Waals surface area contributed by atoms with Gasteiger partial charge in [0, 0.05) is 12.0 Å². The summed E-state index contributed by atoms with van der Waals surface area (Å²) in [6.07, 6.45) is 4.57. The number of primary amides is 1. The maximum Gasteiger partial charge on any atom is 0.259 e. The van der Waals surface area contributed by atoms with E-state index in [-0.39, 0.29) is 5.57 Å². The second kappa shape index (κ2) is 7.42. The highest BCUT2D eigenvalue weighted by Crippen LogP contribution is 2.33. The highest BCUT2D eigenvalue weighted by molar-refractivity contribution is 8.08. The van der Waals surface area contributed by atoms with E-state index in [1.807, 2.05) is 31.2 Å². The average molecular weight is 325 g/mol. The van der Waals surface area contributed by atoms with Crippen molar-refractivity contribution in [1.29, 1.82) is 5.26 Å². The Morgan fingerprint density at radius 2 is 2.04 bits per heavy atom. The van der Waals surface area contributed by atoms with Crippen molar-refractivity contribution in [2.24, 2.45) is 12.8 Å². The van der Waals surface area contributed by atoms with E-state index in [0.717, 1.165) is 16.0 Å². The minimum Gasteiger partial charge on any atom is -0.365 e. The monoisotopic (exact) mass is 325 g/mol. The Balaban J connectivity index is 2.43. The van der Waals surface area contributed by atoms with Crippen LogP contribution in [0.4, 0.5) is 0 Å². The van der Waals surface area contributed by atoms with E-state index in [1.54, 1.807) is 23.9 Å². The van der Waals surface area contributed by atoms with Gasteiger partial charge < -0.3 is 5.73 Å². The molecule has 0 aliphatic heterocycles. The molecular formula is C16H15N5OS. The van der Waals surface area contributed by atoms with Crippen LogP contribution in [-0.2, 0) is 11.8 Å². The molecule has 1 amide bonds. The molecule has 0 fully saturated rings. The van der Waals surface area contributed by atoms with Crippen molar-refractivity contribution in [3.05, 3.63) is 59.4 Å². The maximum atomic E-state index is 11.2. The largest absolute Gasteiger partial charge is 0.365 e. The summed E-state index contributed by atoms with van der Waals surface area (Å²) in [6, 6.07) is 9.70. The first-order valence-corrected chi connectivity index (χ1v) is 7.53. The van der Waals surface area contributed by atoms with Gasteiger partial charge in [-0.2, -0.15) is 10.4 Å². The summed E-state index contributed by atoms with van der Waals surface area (Å²) in [4.78, 5) is 16.2. The lowest BCUT2D eigenvalue weighted by molar-refractivity contribution is -0.114. The third-order valence-electron chi connectivity index (χ3n) is 2.99. The zero-order chi connectivity index (χ0) is 16.8. The topological polar surface area (TPSA) is 97.6 Å². The first kappa shape index (κ1) is 16.5. The predicted octanol–water partition coefficient (Wildman–Crippen LogP) is 2.19. The van der Waals surface area contributed by atoms with Crippen LogP contribution in [0.15, 0.2) is 53.5 Å². The molecule has 0 aliphatic carbocycles. The van der Waals surface area contributed by atoms with Gasteiger partial charge in [-0.3, -0.25) is 4.79 Å². The molecule has 2 aromatic rings. The van der Waals surface area contributed by atoms with Gasteiger partial charge >= 0.3 is 0 Å². The molecule has 1 heterocycles. The molecule has 1 aromatic heterocycles. The Bertz CT molecular complexity index is 812. The number of nitrogens with zero attached hydrogens (tertiary/aromatic N) is 4. The van der Waals surface area contributed by atoms with E-state index in [1.165, 1.54) is 24.2 Å². The molecule has 0 atom stereocenters. The van der Waals surface area contributed by atoms with Gasteiger partial charge in [0.05, 0.1) is 0 Å². The lowest BCUT2D eigenvalue weighted by atomic mass is 10.1. The van der Waals surface area contributed by atoms with Gasteiger partial charge in [0.2, 0.25) is 0 Å². The molecule has 7 heteroatoms. The zero-order valence-electron chi connectivity index (χ0n) is 12.7. The molecule has 2 rings (SSSR count). The molecule has 0 bridgehead atoms. The van der Waals surface area contributed by atoms with E-state index in [9.17, 15) is 4.79 Å². The fourth-order valence-corrected chi connectivity index (χ4v) is 2.58. The van der Waals surface area contributed by atoms with Gasteiger partial charge in [-0.15, -0.1) is 0 Å². The summed E-state index contributed by atoms with van der Waals surface area (Å²) in [5.74, 6) is -0.754. The number of nitrogens with two attached hydrogens (primary N) is 1. The van der Waals surface area contributed by atoms with Gasteiger partial charge in [-0.05, 0) is 36.4 Å². The lowest BCUT2D eigenvalue weighted by Gasteiger charge is -2.07. The van der Waals surface area contributed by atoms with Crippen LogP contribution in [0.2, 0.25) is 0 Å². The third kappa shape index (κ3) is 4.31. The third-order valence-corrected chi connectivity index (χ3v) is 4.14. The van der Waals surface area contributed by atoms with E-state index in [0.29, 0.717) is 5.16 Å². The summed E-state index contributed by atoms with van der Waals surface area (Å²) >= 11 is 1.39. The highest BCUT2D eigenvalue weighted by atomic mass is 32.2. The molecule has 0 radical (unpaired) electrons. The summed E-state index contributed by atoms with van der Waals surface area (Å²) in [7, 11) is 1.79. The van der Waals surface area contributed by atoms with E-state index < -0.39 is 5.91 Å². The lowest BCUT2D eigenvalue weighted by Crippen LogP contribution is -2.12. The molecule has 23 heavy (non-hydrogen) atoms. The number of carbonyl (C=O) groups excluding carboxylic acids is 1. The van der Waals surface area contributed by atoms with Crippen molar-refractivity contribution >= 4 is 22.6 Å². The Kier molecular flexibility index (Phi) is 5.33. The number of thioether (sulfide) groups is 1. The van der Waals surface area contributed by atoms with E-state index in [4.69, 9.17) is 11.0 Å². The average Bonchev–Trinajstić information content (AvgIpc) is 2.92. The Labute approximate surface area is 138 Å². The molecule has 0 saturated heterocycles. The molecule has 1 aromatic carbocycles. The van der Waals surface area contributed by atoms with Gasteiger partial charge in [-0.25, -0.2) is 9.67 Å². The summed E-state index contributed by atoms with van der Waals surface area (Å²) in [5.41, 5.74) is 7.14. The second-order valence-electron chi connectivity index (χ2n) is 4.72. The number of aromatic nitrogens is 3. The van der Waals surface area contributed by atoms with Crippen LogP contribution >= 0.6 is 11.8 Å². The van der Waals surface area contributed by atoms with Crippen LogP contribution < -0.4 is 5.73 Å². The van der Waals surface area contributed by atoms with Crippen molar-refractivity contribution in [3.63, 3.8) is 0 Å². The minimum atomic E-state index is -0.754. The molecule has 6 nitrogen and oxygen atoms in total. The molecule has 0 aliphatic rings. The SMILES string of the molecule is Cc1ccc(C(=CC=C(C#N)C(N)=O)Sc2ncnn2C)cc1. The smallest absolute Gasteiger partial charge is 0.259 e. The standard InChI is InChI=1S/C16H15N5OS/c1-11-3-5-12(6-4-11)14(8-7-13(9-17)15(18)22)23-16-19-10-20-21(16)2/h3-8,10H,1-2H3,(H2,18,22). The number of aryl methyl sites for hydroxylation is 2. The van der Waals surface area contributed by atoms with Crippen LogP contribution in [0.1, 0.15) is 11.1 Å². The fraction of sp³-hybridized carbons (Fsp3) is 0.125. The number of benzene rings is 1. The zero-order valence-corrected chi connectivity index (χ0v) is 13.5. The van der Waals surface area contributed by atoms with Crippen LogP contribution in [0.3, 0.4) is 0 Å². The first-order valence-electron chi connectivity index (χ1n) is 6.72. The number of hydrogen-bond donors (Lipinski definition) is 1. The first-order chi connectivity index (χ1) is 11.0. The Hall–Kier alpha value is -2.85. The van der Waals surface area contributed by atoms with Crippen molar-refractivity contribution in [1.82, 2.24) is 14.8 Å². The Morgan fingerprint density at radius 3 is 2.57 bits per heavy atom. The Morgan fingerprint density at radius 1 is 1.35 bits per heavy atom. The van der Waals surface area contributed by atoms with Crippen molar-refractivity contribution in [2.45, 2.75) is 12.1 Å². The van der Waals surface area contributed by atoms with Gasteiger partial charge in [-0.1, -0.05) is 29.8 Å². The van der Waals surface area contributed by atoms with Gasteiger partial charge in [0.25, 0.3) is 5.91 Å². The number of nitriles is 1. The van der Waals surface area contributed by atoms with E-state index in [2.05, 4.69) is 10.1 Å².